The van der Waals surface area contributed by atoms with E-state index in [0.29, 0.717) is 6.61 Å². The van der Waals surface area contributed by atoms with Crippen molar-refractivity contribution in [3.05, 3.63) is 59.2 Å². The van der Waals surface area contributed by atoms with Crippen LogP contribution in [0.1, 0.15) is 5.56 Å². The Bertz CT molecular complexity index is 736. The summed E-state index contributed by atoms with van der Waals surface area (Å²) in [5.74, 6) is 1.31. The molecule has 0 N–H and O–H groups in total. The van der Waals surface area contributed by atoms with Gasteiger partial charge >= 0.3 is 0 Å². The Balaban J connectivity index is 1.79. The zero-order valence-electron chi connectivity index (χ0n) is 10.9. The number of methoxy groups -OCH3 is 1. The van der Waals surface area contributed by atoms with Crippen LogP contribution in [0.2, 0.25) is 0 Å². The number of hydrogen-bond acceptors (Lipinski definition) is 3. The minimum absolute atomic E-state index is 0.209. The van der Waals surface area contributed by atoms with E-state index in [-0.39, 0.29) is 5.82 Å². The van der Waals surface area contributed by atoms with Crippen LogP contribution in [-0.2, 0) is 6.61 Å². The lowest BCUT2D eigenvalue weighted by Crippen LogP contribution is -1.94. The van der Waals surface area contributed by atoms with Crippen molar-refractivity contribution in [2.45, 2.75) is 6.61 Å². The molecular weight excluding hydrogens is 275 g/mol. The Labute approximate surface area is 120 Å². The lowest BCUT2D eigenvalue weighted by Gasteiger charge is -2.07. The molecule has 0 aliphatic carbocycles. The van der Waals surface area contributed by atoms with Crippen LogP contribution in [0.4, 0.5) is 4.39 Å². The first-order valence-electron chi connectivity index (χ1n) is 6.19. The molecule has 1 heterocycles. The maximum absolute atomic E-state index is 13.1. The molecule has 0 saturated carbocycles. The molecule has 3 aromatic rings. The third-order valence-corrected chi connectivity index (χ3v) is 4.05. The number of fused-ring (bicyclic) bond motifs is 1. The van der Waals surface area contributed by atoms with Crippen LogP contribution in [0.25, 0.3) is 10.1 Å². The van der Waals surface area contributed by atoms with Gasteiger partial charge in [-0.25, -0.2) is 4.39 Å². The Morgan fingerprint density at radius 3 is 2.80 bits per heavy atom. The largest absolute Gasteiger partial charge is 0.497 e. The summed E-state index contributed by atoms with van der Waals surface area (Å²) in [6, 6.07) is 12.3. The minimum Gasteiger partial charge on any atom is -0.497 e. The molecule has 0 radical (unpaired) electrons. The average molecular weight is 288 g/mol. The van der Waals surface area contributed by atoms with Gasteiger partial charge in [-0.2, -0.15) is 0 Å². The van der Waals surface area contributed by atoms with Gasteiger partial charge in [0.05, 0.1) is 7.11 Å². The number of rotatable bonds is 4. The van der Waals surface area contributed by atoms with E-state index < -0.39 is 0 Å². The van der Waals surface area contributed by atoms with Gasteiger partial charge in [-0.3, -0.25) is 0 Å². The van der Waals surface area contributed by atoms with E-state index in [2.05, 4.69) is 0 Å². The van der Waals surface area contributed by atoms with Gasteiger partial charge in [0.1, 0.15) is 23.9 Å². The number of benzene rings is 2. The number of hydrogen-bond donors (Lipinski definition) is 0. The zero-order chi connectivity index (χ0) is 13.9. The van der Waals surface area contributed by atoms with E-state index in [4.69, 9.17) is 9.47 Å². The minimum atomic E-state index is -0.209. The maximum atomic E-state index is 13.1. The van der Waals surface area contributed by atoms with Crippen molar-refractivity contribution in [2.24, 2.45) is 0 Å². The molecule has 0 saturated heterocycles. The maximum Gasteiger partial charge on any atom is 0.124 e. The summed E-state index contributed by atoms with van der Waals surface area (Å²) in [7, 11) is 1.63. The number of thiophene rings is 1. The number of ether oxygens (including phenoxy) is 2. The van der Waals surface area contributed by atoms with Crippen molar-refractivity contribution in [1.29, 1.82) is 0 Å². The lowest BCUT2D eigenvalue weighted by atomic mass is 10.2. The van der Waals surface area contributed by atoms with Gasteiger partial charge < -0.3 is 9.47 Å². The molecule has 0 amide bonds. The molecular formula is C16H13FO2S. The van der Waals surface area contributed by atoms with Crippen LogP contribution in [-0.4, -0.2) is 7.11 Å². The fraction of sp³-hybridized carbons (Fsp3) is 0.125. The van der Waals surface area contributed by atoms with Crippen molar-refractivity contribution in [1.82, 2.24) is 0 Å². The summed E-state index contributed by atoms with van der Waals surface area (Å²) >= 11 is 1.53. The van der Waals surface area contributed by atoms with Gasteiger partial charge in [0.25, 0.3) is 0 Å². The Kier molecular flexibility index (Phi) is 3.56. The van der Waals surface area contributed by atoms with Crippen molar-refractivity contribution in [3.63, 3.8) is 0 Å². The van der Waals surface area contributed by atoms with Crippen LogP contribution in [0.15, 0.2) is 47.8 Å². The van der Waals surface area contributed by atoms with Crippen molar-refractivity contribution in [3.8, 4) is 11.5 Å². The molecule has 0 bridgehead atoms. The van der Waals surface area contributed by atoms with E-state index in [9.17, 15) is 4.39 Å². The molecule has 0 fully saturated rings. The Morgan fingerprint density at radius 1 is 1.10 bits per heavy atom. The summed E-state index contributed by atoms with van der Waals surface area (Å²) in [6.45, 7) is 0.457. The normalized spacial score (nSPS) is 10.7. The van der Waals surface area contributed by atoms with Crippen LogP contribution in [0, 0.1) is 5.82 Å². The van der Waals surface area contributed by atoms with Crippen LogP contribution in [0.5, 0.6) is 11.5 Å². The third kappa shape index (κ3) is 2.60. The first kappa shape index (κ1) is 12.9. The van der Waals surface area contributed by atoms with Gasteiger partial charge in [0, 0.05) is 16.3 Å². The molecule has 1 aromatic heterocycles. The predicted octanol–water partition coefficient (Wildman–Crippen LogP) is 4.63. The fourth-order valence-corrected chi connectivity index (χ4v) is 2.99. The van der Waals surface area contributed by atoms with E-state index in [1.807, 2.05) is 29.6 Å². The monoisotopic (exact) mass is 288 g/mol. The summed E-state index contributed by atoms with van der Waals surface area (Å²) in [4.78, 5) is 0. The highest BCUT2D eigenvalue weighted by molar-refractivity contribution is 7.17. The highest BCUT2D eigenvalue weighted by Gasteiger charge is 2.06. The molecule has 20 heavy (non-hydrogen) atoms. The van der Waals surface area contributed by atoms with Gasteiger partial charge in [-0.1, -0.05) is 12.1 Å². The molecule has 4 heteroatoms. The van der Waals surface area contributed by atoms with Gasteiger partial charge in [0.2, 0.25) is 0 Å². The topological polar surface area (TPSA) is 18.5 Å². The van der Waals surface area contributed by atoms with Crippen molar-refractivity contribution >= 4 is 21.4 Å². The van der Waals surface area contributed by atoms with Gasteiger partial charge in [-0.05, 0) is 35.0 Å². The number of halogens is 1. The van der Waals surface area contributed by atoms with Crippen LogP contribution >= 0.6 is 11.3 Å². The standard InChI is InChI=1S/C16H13FO2S/c1-18-13-3-2-4-14(8-13)19-9-11-10-20-16-7-12(17)5-6-15(11)16/h2-8,10H,9H2,1H3. The Hall–Kier alpha value is -2.07. The molecule has 102 valence electrons. The van der Waals surface area contributed by atoms with Gasteiger partial charge in [0.15, 0.2) is 0 Å². The van der Waals surface area contributed by atoms with Gasteiger partial charge in [-0.15, -0.1) is 11.3 Å². The summed E-state index contributed by atoms with van der Waals surface area (Å²) in [5.41, 5.74) is 1.06. The first-order chi connectivity index (χ1) is 9.76. The second-order valence-corrected chi connectivity index (χ2v) is 5.28. The highest BCUT2D eigenvalue weighted by Crippen LogP contribution is 2.28. The first-order valence-corrected chi connectivity index (χ1v) is 7.07. The summed E-state index contributed by atoms with van der Waals surface area (Å²) in [6.07, 6.45) is 0. The third-order valence-electron chi connectivity index (χ3n) is 3.05. The summed E-state index contributed by atoms with van der Waals surface area (Å²) in [5, 5.41) is 3.05. The zero-order valence-corrected chi connectivity index (χ0v) is 11.7. The molecule has 0 aliphatic heterocycles. The quantitative estimate of drug-likeness (QED) is 0.697. The summed E-state index contributed by atoms with van der Waals surface area (Å²) < 4.78 is 25.0. The molecule has 3 rings (SSSR count). The van der Waals surface area contributed by atoms with Crippen LogP contribution in [0.3, 0.4) is 0 Å². The Morgan fingerprint density at radius 2 is 1.95 bits per heavy atom. The molecule has 0 spiro atoms. The van der Waals surface area contributed by atoms with Crippen molar-refractivity contribution < 1.29 is 13.9 Å². The SMILES string of the molecule is COc1cccc(OCc2csc3cc(F)ccc23)c1. The molecule has 0 aliphatic rings. The van der Waals surface area contributed by atoms with E-state index >= 15 is 0 Å². The average Bonchev–Trinajstić information content (AvgIpc) is 2.87. The predicted molar refractivity (Wildman–Crippen MR) is 79.1 cm³/mol. The highest BCUT2D eigenvalue weighted by atomic mass is 32.1. The molecule has 0 atom stereocenters. The smallest absolute Gasteiger partial charge is 0.124 e. The fourth-order valence-electron chi connectivity index (χ4n) is 2.02. The van der Waals surface area contributed by atoms with E-state index in [1.54, 1.807) is 19.2 Å². The van der Waals surface area contributed by atoms with E-state index in [1.165, 1.54) is 17.4 Å². The molecule has 2 aromatic carbocycles. The van der Waals surface area contributed by atoms with Crippen molar-refractivity contribution in [2.75, 3.05) is 7.11 Å². The second kappa shape index (κ2) is 5.51. The molecule has 0 unspecified atom stereocenters. The van der Waals surface area contributed by atoms with Crippen LogP contribution < -0.4 is 9.47 Å². The second-order valence-electron chi connectivity index (χ2n) is 4.37. The lowest BCUT2D eigenvalue weighted by molar-refractivity contribution is 0.305. The van der Waals surface area contributed by atoms with E-state index in [0.717, 1.165) is 27.1 Å². The molecule has 2 nitrogen and oxygen atoms in total.